The number of aryl methyl sites for hydroxylation is 1. The first-order chi connectivity index (χ1) is 8.11. The number of ketones is 1. The van der Waals surface area contributed by atoms with Crippen LogP contribution in [0.15, 0.2) is 30.4 Å². The number of hydrogen-bond acceptors (Lipinski definition) is 3. The summed E-state index contributed by atoms with van der Waals surface area (Å²) in [7, 11) is 1.62. The number of allylic oxidation sites excluding steroid dienone is 1. The van der Waals surface area contributed by atoms with E-state index in [1.807, 2.05) is 37.3 Å². The Hall–Kier alpha value is -1.61. The molecule has 0 radical (unpaired) electrons. The van der Waals surface area contributed by atoms with Gasteiger partial charge in [0, 0.05) is 17.5 Å². The van der Waals surface area contributed by atoms with Crippen molar-refractivity contribution in [3.8, 4) is 5.75 Å². The summed E-state index contributed by atoms with van der Waals surface area (Å²) in [4.78, 5) is 12.3. The number of methoxy groups -OCH3 is 1. The van der Waals surface area contributed by atoms with Crippen molar-refractivity contribution in [3.05, 3.63) is 41.5 Å². The molecule has 0 bridgehead atoms. The molecule has 1 aromatic carbocycles. The van der Waals surface area contributed by atoms with E-state index in [0.717, 1.165) is 16.9 Å². The Labute approximate surface area is 101 Å². The summed E-state index contributed by atoms with van der Waals surface area (Å²) >= 11 is 0. The highest BCUT2D eigenvalue weighted by molar-refractivity contribution is 6.00. The maximum absolute atomic E-state index is 12.3. The number of nitrogens with two attached hydrogens (primary N) is 1. The number of benzene rings is 1. The Morgan fingerprint density at radius 1 is 1.41 bits per heavy atom. The minimum Gasteiger partial charge on any atom is -0.497 e. The molecule has 0 aliphatic heterocycles. The number of hydrogen-bond donors (Lipinski definition) is 1. The molecule has 0 spiro atoms. The van der Waals surface area contributed by atoms with Crippen molar-refractivity contribution in [3.63, 3.8) is 0 Å². The van der Waals surface area contributed by atoms with Crippen molar-refractivity contribution in [2.24, 2.45) is 11.7 Å². The number of Topliss-reactive ketones (excluding diaryl/α,β-unsaturated/α-hetero) is 1. The van der Waals surface area contributed by atoms with Crippen LogP contribution in [-0.2, 0) is 0 Å². The van der Waals surface area contributed by atoms with Gasteiger partial charge in [0.1, 0.15) is 5.75 Å². The van der Waals surface area contributed by atoms with Gasteiger partial charge in [-0.1, -0.05) is 12.2 Å². The van der Waals surface area contributed by atoms with Gasteiger partial charge in [-0.2, -0.15) is 0 Å². The second kappa shape index (κ2) is 4.72. The van der Waals surface area contributed by atoms with Crippen LogP contribution in [0, 0.1) is 12.8 Å². The van der Waals surface area contributed by atoms with Crippen molar-refractivity contribution in [2.75, 3.05) is 7.11 Å². The minimum atomic E-state index is -0.0721. The maximum Gasteiger partial charge on any atom is 0.170 e. The Morgan fingerprint density at radius 3 is 2.71 bits per heavy atom. The van der Waals surface area contributed by atoms with E-state index in [1.54, 1.807) is 7.11 Å². The molecule has 90 valence electrons. The molecule has 0 fully saturated rings. The van der Waals surface area contributed by atoms with Crippen LogP contribution in [-0.4, -0.2) is 18.9 Å². The normalized spacial score (nSPS) is 22.8. The van der Waals surface area contributed by atoms with Gasteiger partial charge in [0.2, 0.25) is 0 Å². The van der Waals surface area contributed by atoms with Crippen LogP contribution in [0.4, 0.5) is 0 Å². The van der Waals surface area contributed by atoms with Gasteiger partial charge in [0.05, 0.1) is 7.11 Å². The molecule has 0 heterocycles. The van der Waals surface area contributed by atoms with Gasteiger partial charge >= 0.3 is 0 Å². The van der Waals surface area contributed by atoms with Crippen LogP contribution in [0.1, 0.15) is 22.3 Å². The van der Waals surface area contributed by atoms with Gasteiger partial charge in [-0.05, 0) is 37.1 Å². The molecule has 1 aromatic rings. The number of carbonyl (C=O) groups is 1. The highest BCUT2D eigenvalue weighted by Crippen LogP contribution is 2.25. The molecule has 3 heteroatoms. The zero-order valence-electron chi connectivity index (χ0n) is 10.1. The van der Waals surface area contributed by atoms with Gasteiger partial charge in [-0.15, -0.1) is 0 Å². The standard InChI is InChI=1S/C14H17NO2/c1-9-7-12(17-2)5-6-13(9)14(16)10-3-4-11(15)8-10/h3-7,10-11H,8,15H2,1-2H3. The van der Waals surface area contributed by atoms with Gasteiger partial charge in [0.25, 0.3) is 0 Å². The Morgan fingerprint density at radius 2 is 2.18 bits per heavy atom. The minimum absolute atomic E-state index is 0.0162. The van der Waals surface area contributed by atoms with E-state index in [1.165, 1.54) is 0 Å². The summed E-state index contributed by atoms with van der Waals surface area (Å²) in [6, 6.07) is 5.54. The molecule has 3 nitrogen and oxygen atoms in total. The van der Waals surface area contributed by atoms with Crippen LogP contribution >= 0.6 is 0 Å². The van der Waals surface area contributed by atoms with Crippen LogP contribution < -0.4 is 10.5 Å². The first-order valence-corrected chi connectivity index (χ1v) is 5.74. The van der Waals surface area contributed by atoms with Gasteiger partial charge in [-0.25, -0.2) is 0 Å². The SMILES string of the molecule is COc1ccc(C(=O)C2C=CC(N)C2)c(C)c1. The lowest BCUT2D eigenvalue weighted by atomic mass is 9.93. The lowest BCUT2D eigenvalue weighted by Gasteiger charge is -2.11. The molecule has 0 saturated heterocycles. The molecule has 1 aliphatic carbocycles. The predicted molar refractivity (Wildman–Crippen MR) is 67.3 cm³/mol. The van der Waals surface area contributed by atoms with Crippen molar-refractivity contribution >= 4 is 5.78 Å². The first-order valence-electron chi connectivity index (χ1n) is 5.74. The third kappa shape index (κ3) is 2.39. The van der Waals surface area contributed by atoms with Crippen LogP contribution in [0.25, 0.3) is 0 Å². The van der Waals surface area contributed by atoms with Crippen LogP contribution in [0.5, 0.6) is 5.75 Å². The summed E-state index contributed by atoms with van der Waals surface area (Å²) in [5.41, 5.74) is 7.47. The van der Waals surface area contributed by atoms with Gasteiger partial charge in [-0.3, -0.25) is 4.79 Å². The van der Waals surface area contributed by atoms with Gasteiger partial charge < -0.3 is 10.5 Å². The Balaban J connectivity index is 2.23. The molecular weight excluding hydrogens is 214 g/mol. The first kappa shape index (κ1) is 11.9. The molecule has 2 unspecified atom stereocenters. The second-order valence-corrected chi connectivity index (χ2v) is 4.44. The molecule has 0 aromatic heterocycles. The molecule has 17 heavy (non-hydrogen) atoms. The fourth-order valence-corrected chi connectivity index (χ4v) is 2.16. The number of carbonyl (C=O) groups excluding carboxylic acids is 1. The summed E-state index contributed by atoms with van der Waals surface area (Å²) in [5.74, 6) is 0.851. The maximum atomic E-state index is 12.3. The monoisotopic (exact) mass is 231 g/mol. The van der Waals surface area contributed by atoms with E-state index >= 15 is 0 Å². The highest BCUT2D eigenvalue weighted by Gasteiger charge is 2.24. The molecule has 0 saturated carbocycles. The lowest BCUT2D eigenvalue weighted by Crippen LogP contribution is -2.19. The Kier molecular flexibility index (Phi) is 3.29. The summed E-state index contributed by atoms with van der Waals surface area (Å²) in [6.45, 7) is 1.92. The second-order valence-electron chi connectivity index (χ2n) is 4.44. The average Bonchev–Trinajstić information content (AvgIpc) is 2.75. The topological polar surface area (TPSA) is 52.3 Å². The van der Waals surface area contributed by atoms with Crippen LogP contribution in [0.3, 0.4) is 0 Å². The van der Waals surface area contributed by atoms with E-state index in [9.17, 15) is 4.79 Å². The van der Waals surface area contributed by atoms with E-state index in [4.69, 9.17) is 10.5 Å². The fourth-order valence-electron chi connectivity index (χ4n) is 2.16. The summed E-state index contributed by atoms with van der Waals surface area (Å²) in [6.07, 6.45) is 4.53. The predicted octanol–water partition coefficient (Wildman–Crippen LogP) is 2.09. The lowest BCUT2D eigenvalue weighted by molar-refractivity contribution is 0.0942. The van der Waals surface area contributed by atoms with Crippen LogP contribution in [0.2, 0.25) is 0 Å². The molecule has 0 amide bonds. The molecule has 1 aliphatic rings. The molecule has 2 rings (SSSR count). The number of ether oxygens (including phenoxy) is 1. The van der Waals surface area contributed by atoms with Crippen molar-refractivity contribution < 1.29 is 9.53 Å². The largest absolute Gasteiger partial charge is 0.497 e. The average molecular weight is 231 g/mol. The van der Waals surface area contributed by atoms with Gasteiger partial charge in [0.15, 0.2) is 5.78 Å². The van der Waals surface area contributed by atoms with E-state index in [2.05, 4.69) is 0 Å². The van der Waals surface area contributed by atoms with E-state index in [0.29, 0.717) is 6.42 Å². The quantitative estimate of drug-likeness (QED) is 0.640. The zero-order chi connectivity index (χ0) is 12.4. The van der Waals surface area contributed by atoms with Crippen molar-refractivity contribution in [1.82, 2.24) is 0 Å². The fraction of sp³-hybridized carbons (Fsp3) is 0.357. The number of rotatable bonds is 3. The summed E-state index contributed by atoms with van der Waals surface area (Å²) < 4.78 is 5.13. The molecule has 2 N–H and O–H groups in total. The Bertz CT molecular complexity index is 465. The molecule has 2 atom stereocenters. The zero-order valence-corrected chi connectivity index (χ0v) is 10.1. The van der Waals surface area contributed by atoms with E-state index in [-0.39, 0.29) is 17.7 Å². The molecular formula is C14H17NO2. The van der Waals surface area contributed by atoms with E-state index < -0.39 is 0 Å². The van der Waals surface area contributed by atoms with Crippen molar-refractivity contribution in [1.29, 1.82) is 0 Å². The smallest absolute Gasteiger partial charge is 0.170 e. The highest BCUT2D eigenvalue weighted by atomic mass is 16.5. The van der Waals surface area contributed by atoms with Crippen molar-refractivity contribution in [2.45, 2.75) is 19.4 Å². The third-order valence-electron chi connectivity index (χ3n) is 3.15. The third-order valence-corrected chi connectivity index (χ3v) is 3.15. The summed E-state index contributed by atoms with van der Waals surface area (Å²) in [5, 5.41) is 0.